The van der Waals surface area contributed by atoms with Gasteiger partial charge in [0.15, 0.2) is 11.5 Å². The van der Waals surface area contributed by atoms with E-state index in [0.717, 1.165) is 11.1 Å². The van der Waals surface area contributed by atoms with Crippen LogP contribution in [0.4, 0.5) is 5.95 Å². The fraction of sp³-hybridized carbons (Fsp3) is 0.278. The molecule has 0 spiro atoms. The fourth-order valence-electron chi connectivity index (χ4n) is 2.47. The van der Waals surface area contributed by atoms with Crippen molar-refractivity contribution in [3.05, 3.63) is 58.6 Å². The Hall–Kier alpha value is -2.80. The zero-order chi connectivity index (χ0) is 18.4. The van der Waals surface area contributed by atoms with Crippen LogP contribution in [-0.2, 0) is 19.7 Å². The summed E-state index contributed by atoms with van der Waals surface area (Å²) in [6.07, 6.45) is 0. The molecule has 0 saturated carbocycles. The molecule has 1 heterocycles. The van der Waals surface area contributed by atoms with Gasteiger partial charge in [0.25, 0.3) is 0 Å². The van der Waals surface area contributed by atoms with E-state index >= 15 is 0 Å². The molecule has 0 aliphatic rings. The van der Waals surface area contributed by atoms with Gasteiger partial charge in [0, 0.05) is 13.1 Å². The van der Waals surface area contributed by atoms with Crippen LogP contribution in [0.5, 0.6) is 11.5 Å². The van der Waals surface area contributed by atoms with Gasteiger partial charge in [-0.05, 0) is 40.6 Å². The highest BCUT2D eigenvalue weighted by molar-refractivity contribution is 6.32. The van der Waals surface area contributed by atoms with E-state index in [1.54, 1.807) is 11.8 Å². The van der Waals surface area contributed by atoms with Crippen molar-refractivity contribution in [1.82, 2.24) is 20.2 Å². The van der Waals surface area contributed by atoms with Crippen LogP contribution in [0.1, 0.15) is 18.1 Å². The molecule has 3 rings (SSSR count). The summed E-state index contributed by atoms with van der Waals surface area (Å²) in [5.41, 5.74) is 1.99. The molecular formula is C18H20ClN5O2. The van der Waals surface area contributed by atoms with Gasteiger partial charge in [-0.25, -0.2) is 4.68 Å². The second kappa shape index (κ2) is 8.53. The number of rotatable bonds is 8. The molecule has 1 aromatic heterocycles. The molecule has 0 saturated heterocycles. The highest BCUT2D eigenvalue weighted by Crippen LogP contribution is 2.37. The van der Waals surface area contributed by atoms with E-state index in [0.29, 0.717) is 42.2 Å². The summed E-state index contributed by atoms with van der Waals surface area (Å²) < 4.78 is 13.0. The van der Waals surface area contributed by atoms with Gasteiger partial charge in [-0.2, -0.15) is 0 Å². The van der Waals surface area contributed by atoms with E-state index in [2.05, 4.69) is 20.8 Å². The van der Waals surface area contributed by atoms with Crippen LogP contribution in [0, 0.1) is 0 Å². The molecule has 136 valence electrons. The number of nitrogens with zero attached hydrogens (tertiary/aromatic N) is 4. The number of tetrazole rings is 1. The highest BCUT2D eigenvalue weighted by atomic mass is 35.5. The molecule has 1 N–H and O–H groups in total. The molecule has 0 amide bonds. The third-order valence-corrected chi connectivity index (χ3v) is 4.08. The van der Waals surface area contributed by atoms with E-state index in [4.69, 9.17) is 21.1 Å². The highest BCUT2D eigenvalue weighted by Gasteiger charge is 2.13. The summed E-state index contributed by atoms with van der Waals surface area (Å²) in [6, 6.07) is 13.6. The van der Waals surface area contributed by atoms with E-state index in [9.17, 15) is 0 Å². The van der Waals surface area contributed by atoms with Crippen LogP contribution in [0.15, 0.2) is 42.5 Å². The Morgan fingerprint density at radius 2 is 1.96 bits per heavy atom. The second-order valence-electron chi connectivity index (χ2n) is 5.56. The lowest BCUT2D eigenvalue weighted by Crippen LogP contribution is -2.08. The number of benzene rings is 2. The summed E-state index contributed by atoms with van der Waals surface area (Å²) >= 11 is 6.42. The SMILES string of the molecule is CCn1nnnc1NCc1cc(Cl)c(OCc2ccccc2)c(OC)c1. The largest absolute Gasteiger partial charge is 0.493 e. The maximum Gasteiger partial charge on any atom is 0.243 e. The van der Waals surface area contributed by atoms with Gasteiger partial charge in [-0.15, -0.1) is 0 Å². The van der Waals surface area contributed by atoms with Gasteiger partial charge in [0.1, 0.15) is 6.61 Å². The number of anilines is 1. The predicted octanol–water partition coefficient (Wildman–Crippen LogP) is 3.55. The van der Waals surface area contributed by atoms with Crippen LogP contribution in [0.3, 0.4) is 0 Å². The molecule has 26 heavy (non-hydrogen) atoms. The van der Waals surface area contributed by atoms with Crippen LogP contribution >= 0.6 is 11.6 Å². The summed E-state index contributed by atoms with van der Waals surface area (Å²) in [5, 5.41) is 15.2. The first kappa shape index (κ1) is 18.0. The van der Waals surface area contributed by atoms with Crippen LogP contribution in [0.2, 0.25) is 5.02 Å². The zero-order valence-corrected chi connectivity index (χ0v) is 15.4. The minimum absolute atomic E-state index is 0.416. The number of hydrogen-bond acceptors (Lipinski definition) is 6. The average Bonchev–Trinajstić information content (AvgIpc) is 3.13. The Labute approximate surface area is 156 Å². The molecule has 0 bridgehead atoms. The summed E-state index contributed by atoms with van der Waals surface area (Å²) in [4.78, 5) is 0. The van der Waals surface area contributed by atoms with Crippen molar-refractivity contribution >= 4 is 17.5 Å². The second-order valence-corrected chi connectivity index (χ2v) is 5.96. The van der Waals surface area contributed by atoms with Crippen molar-refractivity contribution in [2.24, 2.45) is 0 Å². The van der Waals surface area contributed by atoms with Crippen molar-refractivity contribution in [2.75, 3.05) is 12.4 Å². The van der Waals surface area contributed by atoms with E-state index in [1.165, 1.54) is 0 Å². The standard InChI is InChI=1S/C18H20ClN5O2/c1-3-24-18(21-22-23-24)20-11-14-9-15(19)17(16(10-14)25-2)26-12-13-7-5-4-6-8-13/h4-10H,3,11-12H2,1-2H3,(H,20,21,23). The number of hydrogen-bond donors (Lipinski definition) is 1. The first-order valence-electron chi connectivity index (χ1n) is 8.24. The third-order valence-electron chi connectivity index (χ3n) is 3.80. The zero-order valence-electron chi connectivity index (χ0n) is 14.6. The van der Waals surface area contributed by atoms with E-state index < -0.39 is 0 Å². The first-order valence-corrected chi connectivity index (χ1v) is 8.62. The molecule has 0 aliphatic heterocycles. The minimum Gasteiger partial charge on any atom is -0.493 e. The molecule has 0 unspecified atom stereocenters. The summed E-state index contributed by atoms with van der Waals surface area (Å²) in [5.74, 6) is 1.72. The lowest BCUT2D eigenvalue weighted by molar-refractivity contribution is 0.284. The van der Waals surface area contributed by atoms with Gasteiger partial charge < -0.3 is 14.8 Å². The molecule has 3 aromatic rings. The van der Waals surface area contributed by atoms with Crippen LogP contribution < -0.4 is 14.8 Å². The number of nitrogens with one attached hydrogen (secondary N) is 1. The number of methoxy groups -OCH3 is 1. The average molecular weight is 374 g/mol. The van der Waals surface area contributed by atoms with Crippen LogP contribution in [-0.4, -0.2) is 27.3 Å². The molecule has 2 aromatic carbocycles. The molecular weight excluding hydrogens is 354 g/mol. The maximum atomic E-state index is 6.42. The van der Waals surface area contributed by atoms with Gasteiger partial charge in [-0.1, -0.05) is 47.0 Å². The molecule has 7 nitrogen and oxygen atoms in total. The fourth-order valence-corrected chi connectivity index (χ4v) is 2.76. The van der Waals surface area contributed by atoms with Gasteiger partial charge in [0.05, 0.1) is 12.1 Å². The Morgan fingerprint density at radius 3 is 2.69 bits per heavy atom. The summed E-state index contributed by atoms with van der Waals surface area (Å²) in [6.45, 7) is 3.58. The molecule has 0 fully saturated rings. The third kappa shape index (κ3) is 4.23. The Kier molecular flexibility index (Phi) is 5.91. The maximum absolute atomic E-state index is 6.42. The monoisotopic (exact) mass is 373 g/mol. The molecule has 8 heteroatoms. The number of ether oxygens (including phenoxy) is 2. The topological polar surface area (TPSA) is 74.1 Å². The van der Waals surface area contributed by atoms with Crippen molar-refractivity contribution in [3.63, 3.8) is 0 Å². The molecule has 0 radical (unpaired) electrons. The van der Waals surface area contributed by atoms with Crippen LogP contribution in [0.25, 0.3) is 0 Å². The smallest absolute Gasteiger partial charge is 0.243 e. The van der Waals surface area contributed by atoms with E-state index in [1.807, 2.05) is 49.4 Å². The lowest BCUT2D eigenvalue weighted by atomic mass is 10.2. The lowest BCUT2D eigenvalue weighted by Gasteiger charge is -2.15. The Morgan fingerprint density at radius 1 is 1.15 bits per heavy atom. The van der Waals surface area contributed by atoms with Gasteiger partial charge >= 0.3 is 0 Å². The van der Waals surface area contributed by atoms with Crippen molar-refractivity contribution < 1.29 is 9.47 Å². The number of aromatic nitrogens is 4. The summed E-state index contributed by atoms with van der Waals surface area (Å²) in [7, 11) is 1.59. The minimum atomic E-state index is 0.416. The molecule has 0 aliphatic carbocycles. The number of aryl methyl sites for hydroxylation is 1. The molecule has 0 atom stereocenters. The van der Waals surface area contributed by atoms with Gasteiger partial charge in [-0.3, -0.25) is 0 Å². The Bertz CT molecular complexity index is 854. The van der Waals surface area contributed by atoms with E-state index in [-0.39, 0.29) is 0 Å². The first-order chi connectivity index (χ1) is 12.7. The van der Waals surface area contributed by atoms with Crippen molar-refractivity contribution in [1.29, 1.82) is 0 Å². The van der Waals surface area contributed by atoms with Crippen molar-refractivity contribution in [2.45, 2.75) is 26.6 Å². The normalized spacial score (nSPS) is 10.6. The predicted molar refractivity (Wildman–Crippen MR) is 99.6 cm³/mol. The number of halogens is 1. The van der Waals surface area contributed by atoms with Crippen molar-refractivity contribution in [3.8, 4) is 11.5 Å². The van der Waals surface area contributed by atoms with Gasteiger partial charge in [0.2, 0.25) is 5.95 Å². The Balaban J connectivity index is 1.72. The quantitative estimate of drug-likeness (QED) is 0.651.